The van der Waals surface area contributed by atoms with Crippen LogP contribution >= 0.6 is 0 Å². The maximum Gasteiger partial charge on any atom is 0.253 e. The zero-order chi connectivity index (χ0) is 18.6. The van der Waals surface area contributed by atoms with Crippen LogP contribution in [0.3, 0.4) is 0 Å². The Morgan fingerprint density at radius 1 is 1.24 bits per heavy atom. The number of aliphatic hydroxyl groups is 1. The lowest BCUT2D eigenvalue weighted by Crippen LogP contribution is -2.35. The van der Waals surface area contributed by atoms with Crippen molar-refractivity contribution in [1.82, 2.24) is 9.88 Å². The minimum atomic E-state index is -0.766. The molecule has 1 heterocycles. The fraction of sp³-hybridized carbons (Fsp3) is 0.450. The van der Waals surface area contributed by atoms with Crippen molar-refractivity contribution in [3.63, 3.8) is 0 Å². The molecule has 5 nitrogen and oxygen atoms in total. The summed E-state index contributed by atoms with van der Waals surface area (Å²) >= 11 is 0. The third kappa shape index (κ3) is 4.86. The van der Waals surface area contributed by atoms with E-state index in [1.165, 1.54) is 0 Å². The standard InChI is InChI=1S/C20H28N2O3/c1-13(2)22-15(4)10-19(16(22)5)20(24)21-11-17(23)12-25-18-8-6-7-14(3)9-18/h6-10,13,17,23H,11-12H2,1-5H3,(H,21,24). The second kappa shape index (κ2) is 8.21. The van der Waals surface area contributed by atoms with Gasteiger partial charge < -0.3 is 19.7 Å². The molecule has 1 aromatic heterocycles. The first-order chi connectivity index (χ1) is 11.8. The van der Waals surface area contributed by atoms with Crippen LogP contribution in [0.5, 0.6) is 5.75 Å². The van der Waals surface area contributed by atoms with Gasteiger partial charge in [-0.05, 0) is 58.4 Å². The molecular weight excluding hydrogens is 316 g/mol. The molecule has 0 bridgehead atoms. The normalized spacial score (nSPS) is 12.3. The molecule has 5 heteroatoms. The van der Waals surface area contributed by atoms with Crippen molar-refractivity contribution in [3.05, 3.63) is 52.8 Å². The SMILES string of the molecule is Cc1cccc(OCC(O)CNC(=O)c2cc(C)n(C(C)C)c2C)c1. The molecule has 2 N–H and O–H groups in total. The molecule has 0 aliphatic rings. The van der Waals surface area contributed by atoms with E-state index >= 15 is 0 Å². The zero-order valence-electron chi connectivity index (χ0n) is 15.7. The van der Waals surface area contributed by atoms with Crippen molar-refractivity contribution >= 4 is 5.91 Å². The average Bonchev–Trinajstić information content (AvgIpc) is 2.85. The van der Waals surface area contributed by atoms with Gasteiger partial charge in [0.1, 0.15) is 18.5 Å². The molecule has 1 unspecified atom stereocenters. The molecule has 0 fully saturated rings. The van der Waals surface area contributed by atoms with Gasteiger partial charge in [-0.15, -0.1) is 0 Å². The number of aliphatic hydroxyl groups excluding tert-OH is 1. The molecule has 1 atom stereocenters. The first kappa shape index (κ1) is 19.1. The van der Waals surface area contributed by atoms with Gasteiger partial charge in [-0.2, -0.15) is 0 Å². The summed E-state index contributed by atoms with van der Waals surface area (Å²) in [6, 6.07) is 9.83. The summed E-state index contributed by atoms with van der Waals surface area (Å²) in [6.45, 7) is 10.4. The van der Waals surface area contributed by atoms with Gasteiger partial charge in [-0.25, -0.2) is 0 Å². The molecule has 25 heavy (non-hydrogen) atoms. The van der Waals surface area contributed by atoms with Gasteiger partial charge in [0.15, 0.2) is 0 Å². The highest BCUT2D eigenvalue weighted by Gasteiger charge is 2.17. The number of ether oxygens (including phenoxy) is 1. The van der Waals surface area contributed by atoms with E-state index in [0.29, 0.717) is 17.4 Å². The first-order valence-electron chi connectivity index (χ1n) is 8.63. The molecular formula is C20H28N2O3. The van der Waals surface area contributed by atoms with Crippen LogP contribution in [0.4, 0.5) is 0 Å². The Bertz CT molecular complexity index is 735. The number of hydrogen-bond donors (Lipinski definition) is 2. The minimum Gasteiger partial charge on any atom is -0.491 e. The van der Waals surface area contributed by atoms with Crippen LogP contribution < -0.4 is 10.1 Å². The Balaban J connectivity index is 1.88. The van der Waals surface area contributed by atoms with Crippen molar-refractivity contribution in [2.75, 3.05) is 13.2 Å². The molecule has 0 radical (unpaired) electrons. The Hall–Kier alpha value is -2.27. The van der Waals surface area contributed by atoms with E-state index in [1.54, 1.807) is 0 Å². The number of carbonyl (C=O) groups is 1. The monoisotopic (exact) mass is 344 g/mol. The van der Waals surface area contributed by atoms with Crippen molar-refractivity contribution in [2.24, 2.45) is 0 Å². The van der Waals surface area contributed by atoms with Gasteiger partial charge in [0, 0.05) is 24.0 Å². The Morgan fingerprint density at radius 3 is 2.56 bits per heavy atom. The number of nitrogens with one attached hydrogen (secondary N) is 1. The highest BCUT2D eigenvalue weighted by molar-refractivity contribution is 5.95. The number of aryl methyl sites for hydroxylation is 2. The largest absolute Gasteiger partial charge is 0.491 e. The van der Waals surface area contributed by atoms with Crippen molar-refractivity contribution in [1.29, 1.82) is 0 Å². The van der Waals surface area contributed by atoms with Crippen LogP contribution in [0, 0.1) is 20.8 Å². The van der Waals surface area contributed by atoms with Crippen LogP contribution in [0.1, 0.15) is 47.2 Å². The smallest absolute Gasteiger partial charge is 0.253 e. The molecule has 1 aromatic carbocycles. The number of carbonyl (C=O) groups excluding carboxylic acids is 1. The highest BCUT2D eigenvalue weighted by Crippen LogP contribution is 2.20. The van der Waals surface area contributed by atoms with Crippen LogP contribution in [0.2, 0.25) is 0 Å². The van der Waals surface area contributed by atoms with E-state index in [2.05, 4.69) is 23.7 Å². The maximum absolute atomic E-state index is 12.4. The Kier molecular flexibility index (Phi) is 6.26. The summed E-state index contributed by atoms with van der Waals surface area (Å²) in [5.41, 5.74) is 3.75. The third-order valence-electron chi connectivity index (χ3n) is 4.18. The maximum atomic E-state index is 12.4. The van der Waals surface area contributed by atoms with Gasteiger partial charge in [0.05, 0.1) is 5.56 Å². The lowest BCUT2D eigenvalue weighted by molar-refractivity contribution is 0.0843. The van der Waals surface area contributed by atoms with E-state index in [-0.39, 0.29) is 19.1 Å². The van der Waals surface area contributed by atoms with E-state index in [1.807, 2.05) is 51.1 Å². The predicted octanol–water partition coefficient (Wildman–Crippen LogP) is 3.16. The van der Waals surface area contributed by atoms with Crippen LogP contribution in [0.15, 0.2) is 30.3 Å². The quantitative estimate of drug-likeness (QED) is 0.811. The zero-order valence-corrected chi connectivity index (χ0v) is 15.7. The van der Waals surface area contributed by atoms with Crippen LogP contribution in [0.25, 0.3) is 0 Å². The fourth-order valence-electron chi connectivity index (χ4n) is 3.06. The summed E-state index contributed by atoms with van der Waals surface area (Å²) in [5, 5.41) is 12.8. The van der Waals surface area contributed by atoms with Crippen molar-refractivity contribution in [3.8, 4) is 5.75 Å². The average molecular weight is 344 g/mol. The van der Waals surface area contributed by atoms with Crippen molar-refractivity contribution < 1.29 is 14.6 Å². The molecule has 0 saturated carbocycles. The van der Waals surface area contributed by atoms with Gasteiger partial charge in [-0.1, -0.05) is 12.1 Å². The van der Waals surface area contributed by atoms with E-state index in [9.17, 15) is 9.90 Å². The predicted molar refractivity (Wildman–Crippen MR) is 99.3 cm³/mol. The minimum absolute atomic E-state index is 0.134. The number of nitrogens with zero attached hydrogens (tertiary/aromatic N) is 1. The van der Waals surface area contributed by atoms with Crippen LogP contribution in [-0.4, -0.2) is 34.8 Å². The fourth-order valence-corrected chi connectivity index (χ4v) is 3.06. The lowest BCUT2D eigenvalue weighted by atomic mass is 10.2. The molecule has 1 amide bonds. The molecule has 0 aliphatic heterocycles. The summed E-state index contributed by atoms with van der Waals surface area (Å²) in [7, 11) is 0. The summed E-state index contributed by atoms with van der Waals surface area (Å²) in [6.07, 6.45) is -0.766. The molecule has 2 rings (SSSR count). The summed E-state index contributed by atoms with van der Waals surface area (Å²) < 4.78 is 7.69. The molecule has 136 valence electrons. The Labute approximate surface area is 149 Å². The van der Waals surface area contributed by atoms with Crippen LogP contribution in [-0.2, 0) is 0 Å². The second-order valence-corrected chi connectivity index (χ2v) is 6.74. The van der Waals surface area contributed by atoms with Gasteiger partial charge in [-0.3, -0.25) is 4.79 Å². The highest BCUT2D eigenvalue weighted by atomic mass is 16.5. The Morgan fingerprint density at radius 2 is 1.96 bits per heavy atom. The third-order valence-corrected chi connectivity index (χ3v) is 4.18. The number of amides is 1. The van der Waals surface area contributed by atoms with Gasteiger partial charge in [0.25, 0.3) is 5.91 Å². The van der Waals surface area contributed by atoms with Crippen molar-refractivity contribution in [2.45, 2.75) is 46.8 Å². The number of rotatable bonds is 7. The molecule has 0 saturated heterocycles. The molecule has 0 aliphatic carbocycles. The summed E-state index contributed by atoms with van der Waals surface area (Å²) in [4.78, 5) is 12.4. The number of aromatic nitrogens is 1. The lowest BCUT2D eigenvalue weighted by Gasteiger charge is -2.15. The molecule has 2 aromatic rings. The van der Waals surface area contributed by atoms with Gasteiger partial charge >= 0.3 is 0 Å². The number of benzene rings is 1. The summed E-state index contributed by atoms with van der Waals surface area (Å²) in [5.74, 6) is 0.542. The topological polar surface area (TPSA) is 63.5 Å². The van der Waals surface area contributed by atoms with E-state index in [0.717, 1.165) is 17.0 Å². The second-order valence-electron chi connectivity index (χ2n) is 6.74. The number of hydrogen-bond acceptors (Lipinski definition) is 3. The van der Waals surface area contributed by atoms with E-state index < -0.39 is 6.10 Å². The van der Waals surface area contributed by atoms with Gasteiger partial charge in [0.2, 0.25) is 0 Å². The molecule has 0 spiro atoms. The first-order valence-corrected chi connectivity index (χ1v) is 8.63. The van der Waals surface area contributed by atoms with E-state index in [4.69, 9.17) is 4.74 Å².